The molecule has 0 saturated carbocycles. The van der Waals surface area contributed by atoms with Crippen molar-refractivity contribution in [2.75, 3.05) is 6.54 Å². The maximum absolute atomic E-state index is 11.7. The molecule has 5 heteroatoms. The van der Waals surface area contributed by atoms with Gasteiger partial charge in [-0.1, -0.05) is 30.3 Å². The lowest BCUT2D eigenvalue weighted by molar-refractivity contribution is -0.130. The zero-order chi connectivity index (χ0) is 14.1. The lowest BCUT2D eigenvalue weighted by Crippen LogP contribution is -2.56. The number of carbonyl (C=O) groups is 1. The Morgan fingerprint density at radius 1 is 1.40 bits per heavy atom. The van der Waals surface area contributed by atoms with Gasteiger partial charge in [-0.15, -0.1) is 0 Å². The smallest absolute Gasteiger partial charge is 0.222 e. The third-order valence-corrected chi connectivity index (χ3v) is 4.13. The van der Waals surface area contributed by atoms with E-state index >= 15 is 0 Å². The summed E-state index contributed by atoms with van der Waals surface area (Å²) < 4.78 is 5.90. The highest BCUT2D eigenvalue weighted by Gasteiger charge is 2.47. The predicted molar refractivity (Wildman–Crippen MR) is 73.7 cm³/mol. The number of carbonyl (C=O) groups excluding carboxylic acids is 1. The van der Waals surface area contributed by atoms with Crippen LogP contribution in [0.15, 0.2) is 30.3 Å². The minimum atomic E-state index is -0.543. The number of ether oxygens (including phenoxy) is 1. The quantitative estimate of drug-likeness (QED) is 0.843. The van der Waals surface area contributed by atoms with E-state index in [0.717, 1.165) is 5.56 Å². The normalized spacial score (nSPS) is 33.8. The summed E-state index contributed by atoms with van der Waals surface area (Å²) >= 11 is 0. The van der Waals surface area contributed by atoms with Crippen LogP contribution in [0.25, 0.3) is 0 Å². The topological polar surface area (TPSA) is 61.8 Å². The molecule has 20 heavy (non-hydrogen) atoms. The molecule has 1 amide bonds. The highest BCUT2D eigenvalue weighted by molar-refractivity contribution is 5.78. The van der Waals surface area contributed by atoms with Crippen molar-refractivity contribution in [3.8, 4) is 0 Å². The van der Waals surface area contributed by atoms with Gasteiger partial charge in [-0.2, -0.15) is 0 Å². The van der Waals surface area contributed by atoms with Gasteiger partial charge in [0.05, 0.1) is 18.9 Å². The second kappa shape index (κ2) is 5.52. The first-order valence-electron chi connectivity index (χ1n) is 7.04. The molecule has 1 aromatic rings. The van der Waals surface area contributed by atoms with E-state index < -0.39 is 6.10 Å². The number of nitrogens with one attached hydrogen (secondary N) is 1. The van der Waals surface area contributed by atoms with E-state index in [9.17, 15) is 9.90 Å². The molecule has 0 aliphatic carbocycles. The summed E-state index contributed by atoms with van der Waals surface area (Å²) in [6.45, 7) is 2.95. The molecule has 0 bridgehead atoms. The van der Waals surface area contributed by atoms with E-state index in [1.165, 1.54) is 0 Å². The molecule has 2 aliphatic rings. The number of aliphatic hydroxyl groups excluding tert-OH is 1. The molecule has 5 nitrogen and oxygen atoms in total. The molecule has 0 unspecified atom stereocenters. The van der Waals surface area contributed by atoms with E-state index in [1.54, 1.807) is 0 Å². The number of hydrogen-bond donors (Lipinski definition) is 2. The summed E-state index contributed by atoms with van der Waals surface area (Å²) in [6.07, 6.45) is -0.496. The summed E-state index contributed by atoms with van der Waals surface area (Å²) in [5, 5.41) is 13.1. The van der Waals surface area contributed by atoms with Crippen LogP contribution in [0.4, 0.5) is 0 Å². The van der Waals surface area contributed by atoms with Gasteiger partial charge in [-0.05, 0) is 12.5 Å². The average Bonchev–Trinajstić information content (AvgIpc) is 2.74. The number of amides is 1. The maximum Gasteiger partial charge on any atom is 0.222 e. The summed E-state index contributed by atoms with van der Waals surface area (Å²) in [7, 11) is 0. The summed E-state index contributed by atoms with van der Waals surface area (Å²) in [5.41, 5.74) is 1.08. The van der Waals surface area contributed by atoms with Crippen molar-refractivity contribution < 1.29 is 14.6 Å². The van der Waals surface area contributed by atoms with Gasteiger partial charge in [-0.25, -0.2) is 0 Å². The number of aliphatic hydroxyl groups is 1. The van der Waals surface area contributed by atoms with Gasteiger partial charge < -0.3 is 15.2 Å². The van der Waals surface area contributed by atoms with Crippen molar-refractivity contribution in [2.45, 2.75) is 44.4 Å². The van der Waals surface area contributed by atoms with Gasteiger partial charge in [-0.3, -0.25) is 9.69 Å². The van der Waals surface area contributed by atoms with Crippen molar-refractivity contribution in [3.63, 3.8) is 0 Å². The maximum atomic E-state index is 11.7. The van der Waals surface area contributed by atoms with Gasteiger partial charge in [0, 0.05) is 19.0 Å². The lowest BCUT2D eigenvalue weighted by Gasteiger charge is -2.37. The van der Waals surface area contributed by atoms with E-state index in [2.05, 4.69) is 10.2 Å². The Bertz CT molecular complexity index is 479. The number of fused-ring (bicyclic) bond motifs is 1. The van der Waals surface area contributed by atoms with Gasteiger partial charge in [0.25, 0.3) is 0 Å². The molecule has 0 radical (unpaired) electrons. The van der Waals surface area contributed by atoms with Gasteiger partial charge in [0.2, 0.25) is 5.91 Å². The molecule has 2 heterocycles. The van der Waals surface area contributed by atoms with Crippen molar-refractivity contribution in [3.05, 3.63) is 35.9 Å². The summed E-state index contributed by atoms with van der Waals surface area (Å²) in [4.78, 5) is 13.8. The average molecular weight is 276 g/mol. The van der Waals surface area contributed by atoms with Crippen LogP contribution in [0.1, 0.15) is 18.9 Å². The Morgan fingerprint density at radius 2 is 2.15 bits per heavy atom. The summed E-state index contributed by atoms with van der Waals surface area (Å²) in [5.74, 6) is 0.0289. The molecule has 3 rings (SSSR count). The molecule has 2 aliphatic heterocycles. The number of nitrogens with zero attached hydrogens (tertiary/aromatic N) is 1. The van der Waals surface area contributed by atoms with Crippen LogP contribution in [-0.4, -0.2) is 46.9 Å². The Labute approximate surface area is 118 Å². The highest BCUT2D eigenvalue weighted by atomic mass is 16.5. The van der Waals surface area contributed by atoms with Crippen molar-refractivity contribution >= 4 is 5.91 Å². The fraction of sp³-hybridized carbons (Fsp3) is 0.533. The van der Waals surface area contributed by atoms with Crippen molar-refractivity contribution in [1.82, 2.24) is 10.2 Å². The molecule has 2 fully saturated rings. The molecule has 2 saturated heterocycles. The first kappa shape index (κ1) is 13.5. The van der Waals surface area contributed by atoms with E-state index in [1.807, 2.05) is 37.3 Å². The van der Waals surface area contributed by atoms with Crippen molar-refractivity contribution in [2.24, 2.45) is 0 Å². The molecule has 0 spiro atoms. The lowest BCUT2D eigenvalue weighted by atomic mass is 10.0. The second-order valence-corrected chi connectivity index (χ2v) is 5.54. The Balaban J connectivity index is 1.67. The molecule has 2 N–H and O–H groups in total. The minimum absolute atomic E-state index is 0.0289. The third kappa shape index (κ3) is 2.57. The fourth-order valence-electron chi connectivity index (χ4n) is 3.13. The van der Waals surface area contributed by atoms with Crippen LogP contribution >= 0.6 is 0 Å². The van der Waals surface area contributed by atoms with Crippen LogP contribution in [0.2, 0.25) is 0 Å². The third-order valence-electron chi connectivity index (χ3n) is 4.13. The van der Waals surface area contributed by atoms with Gasteiger partial charge in [0.15, 0.2) is 0 Å². The zero-order valence-electron chi connectivity index (χ0n) is 11.5. The van der Waals surface area contributed by atoms with E-state index in [4.69, 9.17) is 4.74 Å². The highest BCUT2D eigenvalue weighted by Crippen LogP contribution is 2.28. The first-order valence-corrected chi connectivity index (χ1v) is 7.04. The van der Waals surface area contributed by atoms with Crippen LogP contribution in [0, 0.1) is 0 Å². The van der Waals surface area contributed by atoms with E-state index in [0.29, 0.717) is 19.6 Å². The second-order valence-electron chi connectivity index (χ2n) is 5.54. The van der Waals surface area contributed by atoms with Crippen molar-refractivity contribution in [1.29, 1.82) is 0 Å². The van der Waals surface area contributed by atoms with Crippen LogP contribution in [0.3, 0.4) is 0 Å². The molecule has 1 aromatic carbocycles. The Morgan fingerprint density at radius 3 is 2.90 bits per heavy atom. The molecule has 108 valence electrons. The van der Waals surface area contributed by atoms with Gasteiger partial charge >= 0.3 is 0 Å². The molecular weight excluding hydrogens is 256 g/mol. The fourth-order valence-corrected chi connectivity index (χ4v) is 3.13. The standard InChI is InChI=1S/C15H20N2O3/c1-10-16-14(19)7-12-15(13(18)8-17(10)12)20-9-11-5-3-2-4-6-11/h2-6,10,12-13,15,18H,7-9H2,1H3,(H,16,19)/t10-,12-,13+,15-/m0/s1. The van der Waals surface area contributed by atoms with Crippen LogP contribution in [0.5, 0.6) is 0 Å². The number of rotatable bonds is 3. The largest absolute Gasteiger partial charge is 0.389 e. The molecule has 0 aromatic heterocycles. The Hall–Kier alpha value is -1.43. The van der Waals surface area contributed by atoms with Crippen LogP contribution in [-0.2, 0) is 16.1 Å². The summed E-state index contributed by atoms with van der Waals surface area (Å²) in [6, 6.07) is 9.85. The minimum Gasteiger partial charge on any atom is -0.389 e. The van der Waals surface area contributed by atoms with Gasteiger partial charge in [0.1, 0.15) is 6.10 Å². The molecule has 4 atom stereocenters. The Kier molecular flexibility index (Phi) is 3.74. The monoisotopic (exact) mass is 276 g/mol. The van der Waals surface area contributed by atoms with E-state index in [-0.39, 0.29) is 24.2 Å². The predicted octanol–water partition coefficient (Wildman–Crippen LogP) is 0.483. The first-order chi connectivity index (χ1) is 9.65. The number of benzene rings is 1. The molecular formula is C15H20N2O3. The SMILES string of the molecule is C[C@H]1NC(=O)C[C@H]2[C@H](OCc3ccccc3)[C@H](O)CN12. The van der Waals surface area contributed by atoms with Crippen LogP contribution < -0.4 is 5.32 Å². The zero-order valence-corrected chi connectivity index (χ0v) is 11.5. The number of hydrogen-bond acceptors (Lipinski definition) is 4.